The summed E-state index contributed by atoms with van der Waals surface area (Å²) < 4.78 is 5.18. The SMILES string of the molecule is COCc1cc(C(C)(C)C)ccc1C. The van der Waals surface area contributed by atoms with Crippen LogP contribution in [0.4, 0.5) is 0 Å². The van der Waals surface area contributed by atoms with Crippen LogP contribution in [0.15, 0.2) is 18.2 Å². The molecule has 0 saturated heterocycles. The van der Waals surface area contributed by atoms with Crippen LogP contribution in [-0.4, -0.2) is 7.11 Å². The van der Waals surface area contributed by atoms with Gasteiger partial charge >= 0.3 is 0 Å². The number of benzene rings is 1. The zero-order valence-corrected chi connectivity index (χ0v) is 9.85. The molecule has 1 heteroatoms. The first kappa shape index (κ1) is 11.3. The molecule has 0 heterocycles. The Bertz CT molecular complexity index is 308. The van der Waals surface area contributed by atoms with Gasteiger partial charge < -0.3 is 4.74 Å². The van der Waals surface area contributed by atoms with E-state index in [1.165, 1.54) is 16.7 Å². The molecule has 78 valence electrons. The second-order valence-electron chi connectivity index (χ2n) is 4.82. The molecule has 0 N–H and O–H groups in total. The summed E-state index contributed by atoms with van der Waals surface area (Å²) in [7, 11) is 1.74. The van der Waals surface area contributed by atoms with Gasteiger partial charge in [-0.25, -0.2) is 0 Å². The molecule has 0 bridgehead atoms. The van der Waals surface area contributed by atoms with Gasteiger partial charge in [0.25, 0.3) is 0 Å². The number of aryl methyl sites for hydroxylation is 1. The van der Waals surface area contributed by atoms with Gasteiger partial charge in [-0.3, -0.25) is 0 Å². The molecule has 0 atom stereocenters. The Morgan fingerprint density at radius 3 is 2.36 bits per heavy atom. The molecule has 1 aromatic rings. The molecule has 0 saturated carbocycles. The van der Waals surface area contributed by atoms with Crippen molar-refractivity contribution in [1.82, 2.24) is 0 Å². The number of hydrogen-bond acceptors (Lipinski definition) is 1. The fourth-order valence-corrected chi connectivity index (χ4v) is 1.45. The number of ether oxygens (including phenoxy) is 1. The van der Waals surface area contributed by atoms with E-state index in [1.807, 2.05) is 0 Å². The van der Waals surface area contributed by atoms with Gasteiger partial charge in [-0.1, -0.05) is 39.0 Å². The molecular weight excluding hydrogens is 172 g/mol. The predicted octanol–water partition coefficient (Wildman–Crippen LogP) is 3.44. The van der Waals surface area contributed by atoms with Crippen LogP contribution in [0, 0.1) is 6.92 Å². The van der Waals surface area contributed by atoms with Crippen molar-refractivity contribution < 1.29 is 4.74 Å². The van der Waals surface area contributed by atoms with Gasteiger partial charge in [0.15, 0.2) is 0 Å². The first-order chi connectivity index (χ1) is 6.45. The summed E-state index contributed by atoms with van der Waals surface area (Å²) in [4.78, 5) is 0. The van der Waals surface area contributed by atoms with Crippen molar-refractivity contribution in [1.29, 1.82) is 0 Å². The smallest absolute Gasteiger partial charge is 0.0715 e. The quantitative estimate of drug-likeness (QED) is 0.697. The molecule has 0 aliphatic heterocycles. The lowest BCUT2D eigenvalue weighted by molar-refractivity contribution is 0.184. The normalized spacial score (nSPS) is 11.8. The molecule has 14 heavy (non-hydrogen) atoms. The zero-order valence-electron chi connectivity index (χ0n) is 9.85. The van der Waals surface area contributed by atoms with Gasteiger partial charge in [0.05, 0.1) is 6.61 Å². The Balaban J connectivity index is 3.06. The van der Waals surface area contributed by atoms with Crippen molar-refractivity contribution in [3.63, 3.8) is 0 Å². The number of hydrogen-bond donors (Lipinski definition) is 0. The monoisotopic (exact) mass is 192 g/mol. The maximum absolute atomic E-state index is 5.18. The molecule has 1 rings (SSSR count). The van der Waals surface area contributed by atoms with Crippen LogP contribution in [0.1, 0.15) is 37.5 Å². The highest BCUT2D eigenvalue weighted by Gasteiger charge is 2.14. The Kier molecular flexibility index (Phi) is 3.33. The summed E-state index contributed by atoms with van der Waals surface area (Å²) in [5, 5.41) is 0. The number of rotatable bonds is 2. The molecule has 1 nitrogen and oxygen atoms in total. The second-order valence-corrected chi connectivity index (χ2v) is 4.82. The Hall–Kier alpha value is -0.820. The molecule has 0 aliphatic carbocycles. The number of methoxy groups -OCH3 is 1. The average Bonchev–Trinajstić information content (AvgIpc) is 2.07. The van der Waals surface area contributed by atoms with Gasteiger partial charge in [-0.05, 0) is 29.0 Å². The Morgan fingerprint density at radius 1 is 1.21 bits per heavy atom. The summed E-state index contributed by atoms with van der Waals surface area (Å²) in [5.41, 5.74) is 4.19. The van der Waals surface area contributed by atoms with Crippen LogP contribution >= 0.6 is 0 Å². The van der Waals surface area contributed by atoms with Gasteiger partial charge in [0.2, 0.25) is 0 Å². The Morgan fingerprint density at radius 2 is 1.86 bits per heavy atom. The van der Waals surface area contributed by atoms with E-state index in [4.69, 9.17) is 4.74 Å². The highest BCUT2D eigenvalue weighted by molar-refractivity contribution is 5.34. The summed E-state index contributed by atoms with van der Waals surface area (Å²) in [6.45, 7) is 9.52. The summed E-state index contributed by atoms with van der Waals surface area (Å²) in [6, 6.07) is 6.63. The van der Waals surface area contributed by atoms with Gasteiger partial charge in [0, 0.05) is 7.11 Å². The molecule has 0 spiro atoms. The maximum Gasteiger partial charge on any atom is 0.0715 e. The molecule has 0 unspecified atom stereocenters. The largest absolute Gasteiger partial charge is 0.380 e. The molecule has 0 amide bonds. The molecule has 0 radical (unpaired) electrons. The van der Waals surface area contributed by atoms with Crippen LogP contribution in [0.2, 0.25) is 0 Å². The van der Waals surface area contributed by atoms with E-state index >= 15 is 0 Å². The zero-order chi connectivity index (χ0) is 10.8. The highest BCUT2D eigenvalue weighted by Crippen LogP contribution is 2.24. The minimum atomic E-state index is 0.218. The summed E-state index contributed by atoms with van der Waals surface area (Å²) >= 11 is 0. The topological polar surface area (TPSA) is 9.23 Å². The molecule has 0 aromatic heterocycles. The van der Waals surface area contributed by atoms with Crippen molar-refractivity contribution in [3.8, 4) is 0 Å². The van der Waals surface area contributed by atoms with Gasteiger partial charge in [0.1, 0.15) is 0 Å². The van der Waals surface area contributed by atoms with Gasteiger partial charge in [-0.15, -0.1) is 0 Å². The van der Waals surface area contributed by atoms with Crippen molar-refractivity contribution in [2.24, 2.45) is 0 Å². The minimum absolute atomic E-state index is 0.218. The van der Waals surface area contributed by atoms with Crippen molar-refractivity contribution in [2.45, 2.75) is 39.7 Å². The third-order valence-electron chi connectivity index (χ3n) is 2.51. The standard InChI is InChI=1S/C13H20O/c1-10-6-7-12(13(2,3)4)8-11(10)9-14-5/h6-8H,9H2,1-5H3. The Labute approximate surface area is 87.1 Å². The highest BCUT2D eigenvalue weighted by atomic mass is 16.5. The van der Waals surface area contributed by atoms with Crippen LogP contribution in [0.5, 0.6) is 0 Å². The van der Waals surface area contributed by atoms with E-state index in [-0.39, 0.29) is 5.41 Å². The van der Waals surface area contributed by atoms with Crippen LogP contribution in [0.25, 0.3) is 0 Å². The second kappa shape index (κ2) is 4.14. The maximum atomic E-state index is 5.18. The third-order valence-corrected chi connectivity index (χ3v) is 2.51. The summed E-state index contributed by atoms with van der Waals surface area (Å²) in [6.07, 6.45) is 0. The lowest BCUT2D eigenvalue weighted by Gasteiger charge is -2.20. The van der Waals surface area contributed by atoms with Crippen LogP contribution < -0.4 is 0 Å². The molecule has 0 fully saturated rings. The fourth-order valence-electron chi connectivity index (χ4n) is 1.45. The van der Waals surface area contributed by atoms with E-state index in [9.17, 15) is 0 Å². The molecular formula is C13H20O. The van der Waals surface area contributed by atoms with E-state index < -0.39 is 0 Å². The first-order valence-electron chi connectivity index (χ1n) is 5.04. The lowest BCUT2D eigenvalue weighted by atomic mass is 9.85. The average molecular weight is 192 g/mol. The van der Waals surface area contributed by atoms with Gasteiger partial charge in [-0.2, -0.15) is 0 Å². The fraction of sp³-hybridized carbons (Fsp3) is 0.538. The molecule has 1 aromatic carbocycles. The molecule has 0 aliphatic rings. The lowest BCUT2D eigenvalue weighted by Crippen LogP contribution is -2.11. The minimum Gasteiger partial charge on any atom is -0.380 e. The van der Waals surface area contributed by atoms with Crippen LogP contribution in [-0.2, 0) is 16.8 Å². The van der Waals surface area contributed by atoms with E-state index in [1.54, 1.807) is 7.11 Å². The van der Waals surface area contributed by atoms with Crippen molar-refractivity contribution in [3.05, 3.63) is 34.9 Å². The van der Waals surface area contributed by atoms with Crippen molar-refractivity contribution in [2.75, 3.05) is 7.11 Å². The van der Waals surface area contributed by atoms with E-state index in [0.29, 0.717) is 6.61 Å². The van der Waals surface area contributed by atoms with E-state index in [0.717, 1.165) is 0 Å². The third kappa shape index (κ3) is 2.58. The first-order valence-corrected chi connectivity index (χ1v) is 5.04. The predicted molar refractivity (Wildman–Crippen MR) is 60.6 cm³/mol. The van der Waals surface area contributed by atoms with E-state index in [2.05, 4.69) is 45.9 Å². The van der Waals surface area contributed by atoms with Crippen LogP contribution in [0.3, 0.4) is 0 Å². The van der Waals surface area contributed by atoms with Crippen molar-refractivity contribution >= 4 is 0 Å². The summed E-state index contributed by atoms with van der Waals surface area (Å²) in [5.74, 6) is 0.